The number of piperidine rings is 1. The van der Waals surface area contributed by atoms with Crippen molar-refractivity contribution in [3.05, 3.63) is 29.8 Å². The molecular formula is C19H27N3O3. The molecule has 0 spiro atoms. The van der Waals surface area contributed by atoms with Crippen LogP contribution in [-0.4, -0.2) is 59.1 Å². The minimum absolute atomic E-state index is 0.0643. The zero-order valence-electron chi connectivity index (χ0n) is 14.8. The van der Waals surface area contributed by atoms with Crippen LogP contribution in [0.1, 0.15) is 44.1 Å². The first-order valence-electron chi connectivity index (χ1n) is 9.19. The number of hydrogen-bond donors (Lipinski definition) is 2. The number of likely N-dealkylation sites (tertiary alicyclic amines) is 2. The molecule has 0 radical (unpaired) electrons. The van der Waals surface area contributed by atoms with Gasteiger partial charge in [0.05, 0.1) is 6.04 Å². The second-order valence-electron chi connectivity index (χ2n) is 7.05. The predicted octanol–water partition coefficient (Wildman–Crippen LogP) is 2.29. The maximum atomic E-state index is 12.5. The van der Waals surface area contributed by atoms with Crippen LogP contribution in [-0.2, 0) is 4.79 Å². The summed E-state index contributed by atoms with van der Waals surface area (Å²) in [5.74, 6) is 0.805. The monoisotopic (exact) mass is 345 g/mol. The zero-order chi connectivity index (χ0) is 17.8. The molecule has 136 valence electrons. The molecule has 2 aliphatic heterocycles. The molecule has 0 unspecified atom stereocenters. The summed E-state index contributed by atoms with van der Waals surface area (Å²) in [6.45, 7) is 4.84. The Morgan fingerprint density at radius 1 is 1.32 bits per heavy atom. The second-order valence-corrected chi connectivity index (χ2v) is 7.05. The summed E-state index contributed by atoms with van der Waals surface area (Å²) in [6.07, 6.45) is 3.13. The Hall–Kier alpha value is -2.24. The molecule has 2 saturated heterocycles. The van der Waals surface area contributed by atoms with Gasteiger partial charge >= 0.3 is 6.03 Å². The fraction of sp³-hybridized carbons (Fsp3) is 0.579. The van der Waals surface area contributed by atoms with Crippen LogP contribution in [0.15, 0.2) is 24.3 Å². The smallest absolute Gasteiger partial charge is 0.317 e. The number of aromatic hydroxyl groups is 1. The molecule has 2 aliphatic rings. The van der Waals surface area contributed by atoms with Crippen molar-refractivity contribution in [1.29, 1.82) is 0 Å². The Balaban J connectivity index is 1.48. The van der Waals surface area contributed by atoms with Crippen molar-refractivity contribution in [3.8, 4) is 5.75 Å². The van der Waals surface area contributed by atoms with Crippen molar-refractivity contribution >= 4 is 11.9 Å². The zero-order valence-corrected chi connectivity index (χ0v) is 14.8. The van der Waals surface area contributed by atoms with E-state index in [9.17, 15) is 14.7 Å². The van der Waals surface area contributed by atoms with Crippen molar-refractivity contribution in [2.24, 2.45) is 0 Å². The number of urea groups is 1. The van der Waals surface area contributed by atoms with Gasteiger partial charge in [-0.3, -0.25) is 4.79 Å². The molecule has 25 heavy (non-hydrogen) atoms. The molecule has 0 saturated carbocycles. The molecular weight excluding hydrogens is 318 g/mol. The van der Waals surface area contributed by atoms with Crippen LogP contribution in [0.25, 0.3) is 0 Å². The van der Waals surface area contributed by atoms with E-state index in [1.54, 1.807) is 6.07 Å². The largest absolute Gasteiger partial charge is 0.508 e. The first-order valence-corrected chi connectivity index (χ1v) is 9.19. The minimum atomic E-state index is -0.0738. The summed E-state index contributed by atoms with van der Waals surface area (Å²) < 4.78 is 0. The maximum absolute atomic E-state index is 12.5. The molecule has 1 atom stereocenters. The molecule has 2 N–H and O–H groups in total. The van der Waals surface area contributed by atoms with E-state index in [0.29, 0.717) is 37.7 Å². The van der Waals surface area contributed by atoms with Gasteiger partial charge in [-0.1, -0.05) is 19.1 Å². The molecule has 2 fully saturated rings. The number of hydrogen-bond acceptors (Lipinski definition) is 3. The number of phenols is 1. The van der Waals surface area contributed by atoms with Crippen LogP contribution in [0.3, 0.4) is 0 Å². The first kappa shape index (κ1) is 17.6. The van der Waals surface area contributed by atoms with Crippen LogP contribution in [0.5, 0.6) is 5.75 Å². The molecule has 3 amide bonds. The molecule has 2 heterocycles. The van der Waals surface area contributed by atoms with E-state index in [0.717, 1.165) is 31.4 Å². The molecule has 0 aromatic heterocycles. The minimum Gasteiger partial charge on any atom is -0.508 e. The van der Waals surface area contributed by atoms with E-state index in [4.69, 9.17) is 0 Å². The molecule has 1 aromatic rings. The van der Waals surface area contributed by atoms with E-state index < -0.39 is 0 Å². The summed E-state index contributed by atoms with van der Waals surface area (Å²) >= 11 is 0. The summed E-state index contributed by atoms with van der Waals surface area (Å²) in [4.78, 5) is 28.0. The van der Waals surface area contributed by atoms with Gasteiger partial charge in [0.1, 0.15) is 5.75 Å². The van der Waals surface area contributed by atoms with Gasteiger partial charge in [0.15, 0.2) is 0 Å². The molecule has 6 heteroatoms. The number of benzene rings is 1. The summed E-state index contributed by atoms with van der Waals surface area (Å²) in [7, 11) is 0. The van der Waals surface area contributed by atoms with E-state index in [1.807, 2.05) is 28.0 Å². The van der Waals surface area contributed by atoms with Crippen molar-refractivity contribution in [2.45, 2.75) is 44.6 Å². The average Bonchev–Trinajstić information content (AvgIpc) is 2.94. The quantitative estimate of drug-likeness (QED) is 0.879. The summed E-state index contributed by atoms with van der Waals surface area (Å²) in [5.41, 5.74) is 1.14. The number of nitrogens with one attached hydrogen (secondary N) is 1. The summed E-state index contributed by atoms with van der Waals surface area (Å²) in [6, 6.07) is 7.25. The van der Waals surface area contributed by atoms with Gasteiger partial charge in [0.25, 0.3) is 0 Å². The first-order chi connectivity index (χ1) is 12.1. The Morgan fingerprint density at radius 2 is 2.08 bits per heavy atom. The van der Waals surface area contributed by atoms with E-state index in [1.165, 1.54) is 0 Å². The predicted molar refractivity (Wildman–Crippen MR) is 95.5 cm³/mol. The normalized spacial score (nSPS) is 21.6. The van der Waals surface area contributed by atoms with Crippen molar-refractivity contribution in [3.63, 3.8) is 0 Å². The van der Waals surface area contributed by atoms with Crippen LogP contribution >= 0.6 is 0 Å². The standard InChI is InChI=1S/C19H27N3O3/c1-2-8-22-13-16(12-18(22)24)20-19(25)21-9-6-14(7-10-21)15-4-3-5-17(23)11-15/h3-5,11,14,16,23H,2,6-10,12-13H2,1H3,(H,20,25)/t16-/m0/s1. The highest BCUT2D eigenvalue weighted by Gasteiger charge is 2.32. The van der Waals surface area contributed by atoms with Gasteiger partial charge in [-0.15, -0.1) is 0 Å². The third-order valence-electron chi connectivity index (χ3n) is 5.16. The topological polar surface area (TPSA) is 72.9 Å². The van der Waals surface area contributed by atoms with E-state index >= 15 is 0 Å². The number of carbonyl (C=O) groups excluding carboxylic acids is 2. The number of carbonyl (C=O) groups is 2. The lowest BCUT2D eigenvalue weighted by Crippen LogP contribution is -2.48. The fourth-order valence-corrected chi connectivity index (χ4v) is 3.82. The lowest BCUT2D eigenvalue weighted by atomic mass is 9.89. The lowest BCUT2D eigenvalue weighted by Gasteiger charge is -2.33. The highest BCUT2D eigenvalue weighted by Crippen LogP contribution is 2.29. The number of rotatable bonds is 4. The number of nitrogens with zero attached hydrogens (tertiary/aromatic N) is 2. The molecule has 3 rings (SSSR count). The Bertz CT molecular complexity index is 626. The van der Waals surface area contributed by atoms with Gasteiger partial charge in [0, 0.05) is 32.6 Å². The Morgan fingerprint density at radius 3 is 2.76 bits per heavy atom. The molecule has 6 nitrogen and oxygen atoms in total. The third-order valence-corrected chi connectivity index (χ3v) is 5.16. The van der Waals surface area contributed by atoms with E-state index in [2.05, 4.69) is 12.2 Å². The highest BCUT2D eigenvalue weighted by atomic mass is 16.3. The van der Waals surface area contributed by atoms with Crippen LogP contribution < -0.4 is 5.32 Å². The maximum Gasteiger partial charge on any atom is 0.317 e. The fourth-order valence-electron chi connectivity index (χ4n) is 3.82. The molecule has 0 bridgehead atoms. The Labute approximate surface area is 148 Å². The van der Waals surface area contributed by atoms with Crippen LogP contribution in [0.4, 0.5) is 4.79 Å². The van der Waals surface area contributed by atoms with E-state index in [-0.39, 0.29) is 18.0 Å². The van der Waals surface area contributed by atoms with Gasteiger partial charge in [-0.2, -0.15) is 0 Å². The van der Waals surface area contributed by atoms with Gasteiger partial charge < -0.3 is 20.2 Å². The second kappa shape index (κ2) is 7.76. The van der Waals surface area contributed by atoms with Crippen molar-refractivity contribution in [1.82, 2.24) is 15.1 Å². The average molecular weight is 345 g/mol. The van der Waals surface area contributed by atoms with Gasteiger partial charge in [-0.05, 0) is 42.9 Å². The lowest BCUT2D eigenvalue weighted by molar-refractivity contribution is -0.127. The van der Waals surface area contributed by atoms with Gasteiger partial charge in [-0.25, -0.2) is 4.79 Å². The van der Waals surface area contributed by atoms with Gasteiger partial charge in [0.2, 0.25) is 5.91 Å². The molecule has 1 aromatic carbocycles. The number of phenolic OH excluding ortho intramolecular Hbond substituents is 1. The number of amides is 3. The van der Waals surface area contributed by atoms with Crippen molar-refractivity contribution < 1.29 is 14.7 Å². The van der Waals surface area contributed by atoms with Crippen LogP contribution in [0, 0.1) is 0 Å². The Kier molecular flexibility index (Phi) is 5.46. The highest BCUT2D eigenvalue weighted by molar-refractivity contribution is 5.81. The van der Waals surface area contributed by atoms with Crippen LogP contribution in [0.2, 0.25) is 0 Å². The SMILES string of the molecule is CCCN1C[C@@H](NC(=O)N2CCC(c3cccc(O)c3)CC2)CC1=O. The summed E-state index contributed by atoms with van der Waals surface area (Å²) in [5, 5.41) is 12.6. The molecule has 0 aliphatic carbocycles. The third kappa shape index (κ3) is 4.24. The van der Waals surface area contributed by atoms with Crippen molar-refractivity contribution in [2.75, 3.05) is 26.2 Å².